The first-order valence-electron chi connectivity index (χ1n) is 11.3. The second-order valence-electron chi connectivity index (χ2n) is 8.77. The van der Waals surface area contributed by atoms with Crippen molar-refractivity contribution >= 4 is 5.91 Å². The molecule has 2 fully saturated rings. The summed E-state index contributed by atoms with van der Waals surface area (Å²) in [6.07, 6.45) is 8.24. The average Bonchev–Trinajstić information content (AvgIpc) is 3.59. The number of piperidine rings is 1. The second kappa shape index (κ2) is 10.1. The fourth-order valence-corrected chi connectivity index (χ4v) is 4.07. The van der Waals surface area contributed by atoms with Gasteiger partial charge in [0.05, 0.1) is 6.04 Å². The second-order valence-corrected chi connectivity index (χ2v) is 8.77. The zero-order valence-electron chi connectivity index (χ0n) is 17.9. The Balaban J connectivity index is 1.17. The smallest absolute Gasteiger partial charge is 0.220 e. The third kappa shape index (κ3) is 6.30. The van der Waals surface area contributed by atoms with Crippen molar-refractivity contribution in [2.45, 2.75) is 57.6 Å². The number of rotatable bonds is 9. The van der Waals surface area contributed by atoms with Crippen molar-refractivity contribution < 1.29 is 9.53 Å². The van der Waals surface area contributed by atoms with E-state index < -0.39 is 0 Å². The molecule has 1 aliphatic carbocycles. The van der Waals surface area contributed by atoms with Gasteiger partial charge >= 0.3 is 0 Å². The summed E-state index contributed by atoms with van der Waals surface area (Å²) >= 11 is 0. The maximum atomic E-state index is 12.3. The lowest BCUT2D eigenvalue weighted by Gasteiger charge is -2.31. The van der Waals surface area contributed by atoms with Crippen LogP contribution >= 0.6 is 0 Å². The number of likely N-dealkylation sites (tertiary alicyclic amines) is 1. The minimum Gasteiger partial charge on any atom is -0.474 e. The molecule has 0 bridgehead atoms. The molecular weight excluding hydrogens is 374 g/mol. The minimum atomic E-state index is 0.0169. The summed E-state index contributed by atoms with van der Waals surface area (Å²) in [5.41, 5.74) is 2.18. The largest absolute Gasteiger partial charge is 0.474 e. The summed E-state index contributed by atoms with van der Waals surface area (Å²) in [7, 11) is 0. The molecule has 2 aromatic rings. The van der Waals surface area contributed by atoms with Gasteiger partial charge in [0.15, 0.2) is 0 Å². The molecule has 1 saturated carbocycles. The zero-order valence-corrected chi connectivity index (χ0v) is 17.9. The quantitative estimate of drug-likeness (QED) is 0.679. The third-order valence-corrected chi connectivity index (χ3v) is 6.15. The van der Waals surface area contributed by atoms with E-state index in [4.69, 9.17) is 4.74 Å². The van der Waals surface area contributed by atoms with E-state index >= 15 is 0 Å². The number of hydrogen-bond donors (Lipinski definition) is 1. The van der Waals surface area contributed by atoms with E-state index in [1.54, 1.807) is 0 Å². The van der Waals surface area contributed by atoms with Crippen molar-refractivity contribution in [2.75, 3.05) is 19.6 Å². The molecule has 1 aliphatic heterocycles. The van der Waals surface area contributed by atoms with E-state index in [9.17, 15) is 4.79 Å². The minimum absolute atomic E-state index is 0.0169. The Morgan fingerprint density at radius 2 is 1.90 bits per heavy atom. The predicted octanol–water partition coefficient (Wildman–Crippen LogP) is 4.14. The van der Waals surface area contributed by atoms with Gasteiger partial charge in [-0.15, -0.1) is 0 Å². The van der Waals surface area contributed by atoms with E-state index in [1.165, 1.54) is 19.4 Å². The molecule has 1 atom stereocenters. The lowest BCUT2D eigenvalue weighted by atomic mass is 10.1. The first kappa shape index (κ1) is 20.9. The number of benzene rings is 1. The van der Waals surface area contributed by atoms with Crippen LogP contribution in [0.3, 0.4) is 0 Å². The normalized spacial score (nSPS) is 18.7. The van der Waals surface area contributed by atoms with Crippen molar-refractivity contribution in [3.05, 3.63) is 59.8 Å². The number of aromatic nitrogens is 1. The van der Waals surface area contributed by atoms with Crippen LogP contribution in [0.15, 0.2) is 48.7 Å². The molecule has 0 spiro atoms. The van der Waals surface area contributed by atoms with Crippen molar-refractivity contribution in [3.63, 3.8) is 0 Å². The number of hydrogen-bond acceptors (Lipinski definition) is 4. The monoisotopic (exact) mass is 407 g/mol. The Kier molecular flexibility index (Phi) is 7.00. The highest BCUT2D eigenvalue weighted by Gasteiger charge is 2.27. The molecule has 4 rings (SSSR count). The van der Waals surface area contributed by atoms with Gasteiger partial charge in [0.25, 0.3) is 0 Å². The van der Waals surface area contributed by atoms with Crippen LogP contribution < -0.4 is 10.1 Å². The average molecular weight is 408 g/mol. The molecule has 1 amide bonds. The molecule has 2 heterocycles. The van der Waals surface area contributed by atoms with Crippen LogP contribution in [0.2, 0.25) is 0 Å². The number of ether oxygens (including phenoxy) is 1. The van der Waals surface area contributed by atoms with Gasteiger partial charge in [0.1, 0.15) is 6.10 Å². The number of nitrogens with one attached hydrogen (secondary N) is 1. The van der Waals surface area contributed by atoms with E-state index in [1.807, 2.05) is 55.6 Å². The van der Waals surface area contributed by atoms with E-state index in [0.717, 1.165) is 43.0 Å². The van der Waals surface area contributed by atoms with Crippen molar-refractivity contribution in [1.82, 2.24) is 15.2 Å². The highest BCUT2D eigenvalue weighted by molar-refractivity contribution is 5.76. The van der Waals surface area contributed by atoms with Gasteiger partial charge in [-0.2, -0.15) is 0 Å². The van der Waals surface area contributed by atoms with Crippen LogP contribution in [0, 0.1) is 5.92 Å². The number of aryl methyl sites for hydroxylation is 1. The fraction of sp³-hybridized carbons (Fsp3) is 0.520. The molecule has 160 valence electrons. The number of nitrogens with zero attached hydrogens (tertiary/aromatic N) is 2. The van der Waals surface area contributed by atoms with Crippen LogP contribution in [0.5, 0.6) is 5.88 Å². The molecule has 5 nitrogen and oxygen atoms in total. The molecule has 2 aliphatic rings. The van der Waals surface area contributed by atoms with Gasteiger partial charge in [0, 0.05) is 38.3 Å². The molecule has 1 aromatic carbocycles. The van der Waals surface area contributed by atoms with Crippen molar-refractivity contribution in [1.29, 1.82) is 0 Å². The summed E-state index contributed by atoms with van der Waals surface area (Å²) < 4.78 is 6.09. The van der Waals surface area contributed by atoms with Crippen LogP contribution in [-0.2, 0) is 11.2 Å². The molecule has 30 heavy (non-hydrogen) atoms. The number of carbonyl (C=O) groups is 1. The van der Waals surface area contributed by atoms with Crippen molar-refractivity contribution in [2.24, 2.45) is 5.92 Å². The predicted molar refractivity (Wildman–Crippen MR) is 118 cm³/mol. The summed E-state index contributed by atoms with van der Waals surface area (Å²) in [5.74, 6) is 1.71. The molecule has 1 aromatic heterocycles. The number of pyridine rings is 1. The highest BCUT2D eigenvalue weighted by Crippen LogP contribution is 2.30. The van der Waals surface area contributed by atoms with Crippen LogP contribution in [0.25, 0.3) is 0 Å². The van der Waals surface area contributed by atoms with E-state index in [0.29, 0.717) is 18.7 Å². The van der Waals surface area contributed by atoms with E-state index in [2.05, 4.69) is 15.2 Å². The van der Waals surface area contributed by atoms with Crippen molar-refractivity contribution in [3.8, 4) is 5.88 Å². The maximum Gasteiger partial charge on any atom is 0.220 e. The summed E-state index contributed by atoms with van der Waals surface area (Å²) in [4.78, 5) is 19.3. The SMILES string of the molecule is C[C@H](NC(=O)CCc1ccc(OC2CCN(CC3CC3)CC2)nc1)c1ccccc1. The maximum absolute atomic E-state index is 12.3. The molecule has 0 radical (unpaired) electrons. The lowest BCUT2D eigenvalue weighted by Crippen LogP contribution is -2.39. The third-order valence-electron chi connectivity index (χ3n) is 6.15. The summed E-state index contributed by atoms with van der Waals surface area (Å²) in [6, 6.07) is 14.0. The Hall–Kier alpha value is -2.40. The standard InChI is InChI=1S/C25H33N3O2/c1-19(22-5-3-2-4-6-22)27-24(29)11-9-20-10-12-25(26-17-20)30-23-13-15-28(16-14-23)18-21-7-8-21/h2-6,10,12,17,19,21,23H,7-9,11,13-16,18H2,1H3,(H,27,29)/t19-/m0/s1. The van der Waals surface area contributed by atoms with Gasteiger partial charge in [-0.1, -0.05) is 36.4 Å². The van der Waals surface area contributed by atoms with Crippen LogP contribution in [0.4, 0.5) is 0 Å². The van der Waals surface area contributed by atoms with Crippen LogP contribution in [0.1, 0.15) is 56.2 Å². The Morgan fingerprint density at radius 3 is 2.57 bits per heavy atom. The lowest BCUT2D eigenvalue weighted by molar-refractivity contribution is -0.121. The molecule has 1 saturated heterocycles. The first-order chi connectivity index (χ1) is 14.7. The van der Waals surface area contributed by atoms with Gasteiger partial charge < -0.3 is 15.0 Å². The Bertz CT molecular complexity index is 797. The molecule has 0 unspecified atom stereocenters. The fourth-order valence-electron chi connectivity index (χ4n) is 4.07. The summed E-state index contributed by atoms with van der Waals surface area (Å²) in [6.45, 7) is 5.56. The number of amides is 1. The van der Waals surface area contributed by atoms with Gasteiger partial charge in [-0.25, -0.2) is 4.98 Å². The van der Waals surface area contributed by atoms with Gasteiger partial charge in [-0.05, 0) is 56.1 Å². The van der Waals surface area contributed by atoms with Crippen LogP contribution in [-0.4, -0.2) is 41.5 Å². The molecular formula is C25H33N3O2. The zero-order chi connectivity index (χ0) is 20.8. The number of carbonyl (C=O) groups excluding carboxylic acids is 1. The first-order valence-corrected chi connectivity index (χ1v) is 11.3. The van der Waals surface area contributed by atoms with Gasteiger partial charge in [0.2, 0.25) is 11.8 Å². The Labute approximate surface area is 179 Å². The molecule has 5 heteroatoms. The Morgan fingerprint density at radius 1 is 1.13 bits per heavy atom. The summed E-state index contributed by atoms with van der Waals surface area (Å²) in [5, 5.41) is 3.06. The molecule has 1 N–H and O–H groups in total. The van der Waals surface area contributed by atoms with Gasteiger partial charge in [-0.3, -0.25) is 4.79 Å². The topological polar surface area (TPSA) is 54.5 Å². The van der Waals surface area contributed by atoms with E-state index in [-0.39, 0.29) is 18.1 Å². The highest BCUT2D eigenvalue weighted by atomic mass is 16.5.